The Kier molecular flexibility index (Phi) is 6.93. The second-order valence-electron chi connectivity index (χ2n) is 4.88. The molecule has 1 aliphatic heterocycles. The number of carboxylic acids is 1. The van der Waals surface area contributed by atoms with Crippen LogP contribution in [-0.2, 0) is 9.59 Å². The fourth-order valence-electron chi connectivity index (χ4n) is 2.25. The van der Waals surface area contributed by atoms with Gasteiger partial charge < -0.3 is 20.2 Å². The number of carboxylic acid groups (broad SMARTS) is 1. The molecular formula is C13H24N4O4. The Labute approximate surface area is 124 Å². The van der Waals surface area contributed by atoms with Crippen molar-refractivity contribution in [1.82, 2.24) is 20.0 Å². The molecule has 2 N–H and O–H groups in total. The number of amides is 3. The average Bonchev–Trinajstić information content (AvgIpc) is 2.46. The summed E-state index contributed by atoms with van der Waals surface area (Å²) in [6, 6.07) is -0.273. The largest absolute Gasteiger partial charge is 0.480 e. The summed E-state index contributed by atoms with van der Waals surface area (Å²) in [4.78, 5) is 39.4. The molecule has 0 saturated carbocycles. The molecule has 1 saturated heterocycles. The standard InChI is InChI=1S/C13H24N4O4/c1-3-16(4-2)11(18)9-14-13(21)17-7-5-15(6-8-17)10-12(19)20/h3-10H2,1-2H3,(H,14,21)(H,19,20). The summed E-state index contributed by atoms with van der Waals surface area (Å²) < 4.78 is 0. The van der Waals surface area contributed by atoms with Gasteiger partial charge in [-0.25, -0.2) is 4.79 Å². The maximum absolute atomic E-state index is 11.9. The summed E-state index contributed by atoms with van der Waals surface area (Å²) in [7, 11) is 0. The fourth-order valence-corrected chi connectivity index (χ4v) is 2.25. The number of rotatable bonds is 6. The van der Waals surface area contributed by atoms with E-state index in [2.05, 4.69) is 5.32 Å². The zero-order valence-electron chi connectivity index (χ0n) is 12.7. The van der Waals surface area contributed by atoms with Crippen molar-refractivity contribution in [3.63, 3.8) is 0 Å². The molecule has 1 fully saturated rings. The predicted octanol–water partition coefficient (Wildman–Crippen LogP) is -0.733. The van der Waals surface area contributed by atoms with Crippen molar-refractivity contribution in [2.45, 2.75) is 13.8 Å². The van der Waals surface area contributed by atoms with Crippen LogP contribution in [0.4, 0.5) is 4.79 Å². The Morgan fingerprint density at radius 1 is 1.10 bits per heavy atom. The van der Waals surface area contributed by atoms with Gasteiger partial charge in [0.15, 0.2) is 0 Å². The summed E-state index contributed by atoms with van der Waals surface area (Å²) >= 11 is 0. The van der Waals surface area contributed by atoms with Gasteiger partial charge in [0.05, 0.1) is 13.1 Å². The van der Waals surface area contributed by atoms with Gasteiger partial charge in [0.25, 0.3) is 0 Å². The first kappa shape index (κ1) is 17.2. The molecule has 0 aromatic rings. The van der Waals surface area contributed by atoms with Crippen LogP contribution < -0.4 is 5.32 Å². The molecule has 0 unspecified atom stereocenters. The summed E-state index contributed by atoms with van der Waals surface area (Å²) in [6.07, 6.45) is 0. The van der Waals surface area contributed by atoms with Gasteiger partial charge in [-0.15, -0.1) is 0 Å². The van der Waals surface area contributed by atoms with Gasteiger partial charge in [-0.1, -0.05) is 0 Å². The van der Waals surface area contributed by atoms with Gasteiger partial charge in [-0.05, 0) is 13.8 Å². The van der Waals surface area contributed by atoms with Crippen LogP contribution >= 0.6 is 0 Å². The zero-order chi connectivity index (χ0) is 15.8. The third-order valence-corrected chi connectivity index (χ3v) is 3.53. The minimum atomic E-state index is -0.863. The highest BCUT2D eigenvalue weighted by atomic mass is 16.4. The summed E-state index contributed by atoms with van der Waals surface area (Å²) in [5.74, 6) is -0.962. The molecule has 0 aromatic carbocycles. The lowest BCUT2D eigenvalue weighted by Crippen LogP contribution is -2.53. The van der Waals surface area contributed by atoms with Gasteiger partial charge >= 0.3 is 12.0 Å². The molecule has 3 amide bonds. The summed E-state index contributed by atoms with van der Waals surface area (Å²) in [5, 5.41) is 11.3. The summed E-state index contributed by atoms with van der Waals surface area (Å²) in [6.45, 7) is 7.03. The first-order chi connectivity index (χ1) is 9.97. The van der Waals surface area contributed by atoms with E-state index in [-0.39, 0.29) is 25.0 Å². The molecule has 21 heavy (non-hydrogen) atoms. The van der Waals surface area contributed by atoms with Crippen molar-refractivity contribution >= 4 is 17.9 Å². The molecule has 120 valence electrons. The minimum absolute atomic E-state index is 0.00406. The molecule has 1 heterocycles. The number of nitrogens with zero attached hydrogens (tertiary/aromatic N) is 3. The first-order valence-corrected chi connectivity index (χ1v) is 7.22. The fraction of sp³-hybridized carbons (Fsp3) is 0.769. The van der Waals surface area contributed by atoms with Gasteiger partial charge in [0.1, 0.15) is 0 Å². The van der Waals surface area contributed by atoms with Crippen molar-refractivity contribution in [3.8, 4) is 0 Å². The lowest BCUT2D eigenvalue weighted by Gasteiger charge is -2.33. The van der Waals surface area contributed by atoms with Crippen LogP contribution in [-0.4, -0.2) is 90.1 Å². The van der Waals surface area contributed by atoms with Gasteiger partial charge in [-0.2, -0.15) is 0 Å². The first-order valence-electron chi connectivity index (χ1n) is 7.22. The third kappa shape index (κ3) is 5.58. The number of likely N-dealkylation sites (N-methyl/N-ethyl adjacent to an activating group) is 1. The monoisotopic (exact) mass is 300 g/mol. The number of hydrogen-bond donors (Lipinski definition) is 2. The smallest absolute Gasteiger partial charge is 0.317 e. The molecule has 0 aliphatic carbocycles. The molecule has 0 aromatic heterocycles. The van der Waals surface area contributed by atoms with Crippen LogP contribution in [0.5, 0.6) is 0 Å². The highest BCUT2D eigenvalue weighted by molar-refractivity contribution is 5.84. The van der Waals surface area contributed by atoms with Crippen LogP contribution in [0.1, 0.15) is 13.8 Å². The maximum Gasteiger partial charge on any atom is 0.317 e. The van der Waals surface area contributed by atoms with Gasteiger partial charge in [0.2, 0.25) is 5.91 Å². The normalized spacial score (nSPS) is 15.6. The number of hydrogen-bond acceptors (Lipinski definition) is 4. The number of aliphatic carboxylic acids is 1. The minimum Gasteiger partial charge on any atom is -0.480 e. The SMILES string of the molecule is CCN(CC)C(=O)CNC(=O)N1CCN(CC(=O)O)CC1. The molecule has 1 aliphatic rings. The number of urea groups is 1. The Morgan fingerprint density at radius 2 is 1.67 bits per heavy atom. The topological polar surface area (TPSA) is 93.2 Å². The molecule has 0 bridgehead atoms. The highest BCUT2D eigenvalue weighted by Gasteiger charge is 2.22. The molecule has 0 spiro atoms. The van der Waals surface area contributed by atoms with E-state index in [4.69, 9.17) is 5.11 Å². The van der Waals surface area contributed by atoms with E-state index in [1.54, 1.807) is 14.7 Å². The van der Waals surface area contributed by atoms with Crippen LogP contribution in [0.25, 0.3) is 0 Å². The van der Waals surface area contributed by atoms with Crippen LogP contribution in [0, 0.1) is 0 Å². The van der Waals surface area contributed by atoms with Crippen LogP contribution in [0.3, 0.4) is 0 Å². The van der Waals surface area contributed by atoms with Crippen molar-refractivity contribution in [3.05, 3.63) is 0 Å². The molecular weight excluding hydrogens is 276 g/mol. The van der Waals surface area contributed by atoms with Crippen molar-refractivity contribution in [1.29, 1.82) is 0 Å². The van der Waals surface area contributed by atoms with Crippen LogP contribution in [0.15, 0.2) is 0 Å². The van der Waals surface area contributed by atoms with E-state index in [9.17, 15) is 14.4 Å². The Balaban J connectivity index is 2.31. The van der Waals surface area contributed by atoms with E-state index in [0.29, 0.717) is 39.3 Å². The van der Waals surface area contributed by atoms with E-state index >= 15 is 0 Å². The lowest BCUT2D eigenvalue weighted by atomic mass is 10.3. The second kappa shape index (κ2) is 8.46. The third-order valence-electron chi connectivity index (χ3n) is 3.53. The lowest BCUT2D eigenvalue weighted by molar-refractivity contribution is -0.138. The molecule has 0 radical (unpaired) electrons. The second-order valence-corrected chi connectivity index (χ2v) is 4.88. The van der Waals surface area contributed by atoms with E-state index < -0.39 is 5.97 Å². The van der Waals surface area contributed by atoms with Gasteiger partial charge in [-0.3, -0.25) is 14.5 Å². The van der Waals surface area contributed by atoms with Crippen molar-refractivity contribution < 1.29 is 19.5 Å². The highest BCUT2D eigenvalue weighted by Crippen LogP contribution is 2.01. The molecule has 8 heteroatoms. The predicted molar refractivity (Wildman–Crippen MR) is 77.0 cm³/mol. The van der Waals surface area contributed by atoms with E-state index in [1.807, 2.05) is 13.8 Å². The number of piperazine rings is 1. The Morgan fingerprint density at radius 3 is 2.14 bits per heavy atom. The Hall–Kier alpha value is -1.83. The average molecular weight is 300 g/mol. The quantitative estimate of drug-likeness (QED) is 0.674. The van der Waals surface area contributed by atoms with Crippen molar-refractivity contribution in [2.75, 3.05) is 52.4 Å². The molecule has 0 atom stereocenters. The number of carbonyl (C=O) groups is 3. The zero-order valence-corrected chi connectivity index (χ0v) is 12.7. The van der Waals surface area contributed by atoms with Crippen LogP contribution in [0.2, 0.25) is 0 Å². The maximum atomic E-state index is 11.9. The Bertz CT molecular complexity index is 376. The van der Waals surface area contributed by atoms with E-state index in [1.165, 1.54) is 0 Å². The van der Waals surface area contributed by atoms with Gasteiger partial charge in [0, 0.05) is 39.3 Å². The summed E-state index contributed by atoms with van der Waals surface area (Å²) in [5.41, 5.74) is 0. The number of nitrogens with one attached hydrogen (secondary N) is 1. The molecule has 1 rings (SSSR count). The van der Waals surface area contributed by atoms with E-state index in [0.717, 1.165) is 0 Å². The van der Waals surface area contributed by atoms with Crippen molar-refractivity contribution in [2.24, 2.45) is 0 Å². The molecule has 8 nitrogen and oxygen atoms in total. The number of carbonyl (C=O) groups excluding carboxylic acids is 2.